The van der Waals surface area contributed by atoms with Gasteiger partial charge in [-0.2, -0.15) is 0 Å². The van der Waals surface area contributed by atoms with Gasteiger partial charge in [0.05, 0.1) is 31.8 Å². The van der Waals surface area contributed by atoms with E-state index in [2.05, 4.69) is 0 Å². The van der Waals surface area contributed by atoms with Crippen LogP contribution in [0.2, 0.25) is 0 Å². The van der Waals surface area contributed by atoms with Crippen LogP contribution in [0, 0.1) is 12.8 Å². The zero-order valence-electron chi connectivity index (χ0n) is 22.3. The van der Waals surface area contributed by atoms with Crippen LogP contribution in [0.5, 0.6) is 11.5 Å². The van der Waals surface area contributed by atoms with Crippen molar-refractivity contribution in [3.63, 3.8) is 0 Å². The van der Waals surface area contributed by atoms with Crippen LogP contribution in [0.3, 0.4) is 0 Å². The Morgan fingerprint density at radius 2 is 1.67 bits per heavy atom. The van der Waals surface area contributed by atoms with E-state index in [4.69, 9.17) is 9.47 Å². The third kappa shape index (κ3) is 5.80. The van der Waals surface area contributed by atoms with Crippen molar-refractivity contribution in [3.8, 4) is 11.5 Å². The normalized spacial score (nSPS) is 16.5. The number of benzene rings is 3. The Balaban J connectivity index is 1.79. The molecule has 39 heavy (non-hydrogen) atoms. The third-order valence-corrected chi connectivity index (χ3v) is 6.46. The zero-order chi connectivity index (χ0) is 28.3. The van der Waals surface area contributed by atoms with E-state index in [1.807, 2.05) is 20.8 Å². The standard InChI is InChI=1S/C31H31NO7/c1-18(2)17-39-25-14-9-22(15-19(25)3)29(35)27-28(21-7-12-24(33)13-8-21)32(31(37)30(27)36)23-10-5-20(6-11-23)16-26(34)38-4/h5-15,18,28,33,35H,16-17H2,1-4H3/b29-27-. The van der Waals surface area contributed by atoms with Gasteiger partial charge in [0, 0.05) is 11.3 Å². The minimum Gasteiger partial charge on any atom is -0.508 e. The van der Waals surface area contributed by atoms with Crippen LogP contribution in [0.4, 0.5) is 5.69 Å². The number of aliphatic hydroxyl groups excluding tert-OH is 1. The van der Waals surface area contributed by atoms with E-state index in [9.17, 15) is 24.6 Å². The van der Waals surface area contributed by atoms with Crippen molar-refractivity contribution in [3.05, 3.63) is 94.6 Å². The summed E-state index contributed by atoms with van der Waals surface area (Å²) >= 11 is 0. The number of aliphatic hydroxyl groups is 1. The van der Waals surface area contributed by atoms with Gasteiger partial charge < -0.3 is 19.7 Å². The number of hydrogen-bond acceptors (Lipinski definition) is 7. The lowest BCUT2D eigenvalue weighted by Crippen LogP contribution is -2.29. The van der Waals surface area contributed by atoms with Crippen molar-refractivity contribution in [2.24, 2.45) is 5.92 Å². The second-order valence-electron chi connectivity index (χ2n) is 9.87. The van der Waals surface area contributed by atoms with Crippen molar-refractivity contribution in [2.75, 3.05) is 18.6 Å². The van der Waals surface area contributed by atoms with Gasteiger partial charge in [-0.3, -0.25) is 19.3 Å². The van der Waals surface area contributed by atoms with E-state index < -0.39 is 23.7 Å². The molecular formula is C31H31NO7. The van der Waals surface area contributed by atoms with Gasteiger partial charge in [-0.15, -0.1) is 0 Å². The molecule has 0 bridgehead atoms. The number of phenolic OH excluding ortho intramolecular Hbond substituents is 1. The SMILES string of the molecule is COC(=O)Cc1ccc(N2C(=O)C(=O)/C(=C(\O)c3ccc(OCC(C)C)c(C)c3)C2c2ccc(O)cc2)cc1. The highest BCUT2D eigenvalue weighted by molar-refractivity contribution is 6.51. The van der Waals surface area contributed by atoms with Gasteiger partial charge in [-0.1, -0.05) is 38.1 Å². The maximum atomic E-state index is 13.4. The molecule has 1 unspecified atom stereocenters. The Labute approximate surface area is 227 Å². The molecule has 2 N–H and O–H groups in total. The van der Waals surface area contributed by atoms with Crippen molar-refractivity contribution in [2.45, 2.75) is 33.2 Å². The number of amides is 1. The lowest BCUT2D eigenvalue weighted by molar-refractivity contribution is -0.139. The molecule has 3 aromatic rings. The first-order valence-electron chi connectivity index (χ1n) is 12.6. The quantitative estimate of drug-likeness (QED) is 0.181. The summed E-state index contributed by atoms with van der Waals surface area (Å²) in [6.07, 6.45) is 0.0627. The Hall–Kier alpha value is -4.59. The van der Waals surface area contributed by atoms with Crippen LogP contribution < -0.4 is 9.64 Å². The predicted octanol–water partition coefficient (Wildman–Crippen LogP) is 5.08. The first-order chi connectivity index (χ1) is 18.6. The number of ether oxygens (including phenoxy) is 2. The summed E-state index contributed by atoms with van der Waals surface area (Å²) in [5.41, 5.74) is 2.70. The average molecular weight is 530 g/mol. The molecule has 0 aliphatic carbocycles. The lowest BCUT2D eigenvalue weighted by atomic mass is 9.94. The fourth-order valence-electron chi connectivity index (χ4n) is 4.45. The highest BCUT2D eigenvalue weighted by atomic mass is 16.5. The van der Waals surface area contributed by atoms with Gasteiger partial charge in [-0.25, -0.2) is 0 Å². The highest BCUT2D eigenvalue weighted by Crippen LogP contribution is 2.42. The first-order valence-corrected chi connectivity index (χ1v) is 12.6. The van der Waals surface area contributed by atoms with Crippen molar-refractivity contribution in [1.29, 1.82) is 0 Å². The van der Waals surface area contributed by atoms with Gasteiger partial charge in [0.25, 0.3) is 11.7 Å². The summed E-state index contributed by atoms with van der Waals surface area (Å²) in [6.45, 7) is 6.48. The van der Waals surface area contributed by atoms with Crippen LogP contribution in [-0.4, -0.2) is 41.6 Å². The molecule has 8 heteroatoms. The molecule has 1 aliphatic heterocycles. The van der Waals surface area contributed by atoms with Crippen LogP contribution in [0.15, 0.2) is 72.3 Å². The molecule has 0 spiro atoms. The highest BCUT2D eigenvalue weighted by Gasteiger charge is 2.47. The molecule has 0 radical (unpaired) electrons. The second kappa shape index (κ2) is 11.4. The molecule has 1 saturated heterocycles. The van der Waals surface area contributed by atoms with E-state index >= 15 is 0 Å². The van der Waals surface area contributed by atoms with Crippen LogP contribution in [0.1, 0.15) is 42.1 Å². The number of carbonyl (C=O) groups excluding carboxylic acids is 3. The largest absolute Gasteiger partial charge is 0.508 e. The molecule has 1 aliphatic rings. The summed E-state index contributed by atoms with van der Waals surface area (Å²) in [6, 6.07) is 16.9. The second-order valence-corrected chi connectivity index (χ2v) is 9.87. The zero-order valence-corrected chi connectivity index (χ0v) is 22.3. The van der Waals surface area contributed by atoms with E-state index in [0.29, 0.717) is 40.7 Å². The molecule has 8 nitrogen and oxygen atoms in total. The molecule has 3 aromatic carbocycles. The van der Waals surface area contributed by atoms with E-state index in [0.717, 1.165) is 5.56 Å². The molecule has 1 amide bonds. The van der Waals surface area contributed by atoms with Gasteiger partial charge in [0.2, 0.25) is 0 Å². The fraction of sp³-hybridized carbons (Fsp3) is 0.258. The Bertz CT molecular complexity index is 1420. The van der Waals surface area contributed by atoms with Gasteiger partial charge in [-0.05, 0) is 72.0 Å². The number of aromatic hydroxyl groups is 1. The molecule has 4 rings (SSSR count). The molecule has 1 atom stereocenters. The summed E-state index contributed by atoms with van der Waals surface area (Å²) in [5, 5.41) is 21.2. The minimum atomic E-state index is -0.950. The number of ketones is 1. The fourth-order valence-corrected chi connectivity index (χ4v) is 4.45. The third-order valence-electron chi connectivity index (χ3n) is 6.46. The number of anilines is 1. The molecule has 0 aromatic heterocycles. The maximum absolute atomic E-state index is 13.4. The Kier molecular flexibility index (Phi) is 8.04. The van der Waals surface area contributed by atoms with E-state index in [-0.39, 0.29) is 23.5 Å². The summed E-state index contributed by atoms with van der Waals surface area (Å²) < 4.78 is 10.5. The monoisotopic (exact) mass is 529 g/mol. The van der Waals surface area contributed by atoms with E-state index in [1.165, 1.54) is 24.1 Å². The topological polar surface area (TPSA) is 113 Å². The Morgan fingerprint density at radius 1 is 1.00 bits per heavy atom. The number of carbonyl (C=O) groups is 3. The summed E-state index contributed by atoms with van der Waals surface area (Å²) in [4.78, 5) is 39.7. The smallest absolute Gasteiger partial charge is 0.309 e. The number of rotatable bonds is 8. The molecular weight excluding hydrogens is 498 g/mol. The molecule has 202 valence electrons. The van der Waals surface area contributed by atoms with Gasteiger partial charge in [0.15, 0.2) is 0 Å². The first kappa shape index (κ1) is 27.4. The predicted molar refractivity (Wildman–Crippen MR) is 147 cm³/mol. The number of nitrogens with zero attached hydrogens (tertiary/aromatic N) is 1. The summed E-state index contributed by atoms with van der Waals surface area (Å²) in [5.74, 6) is -1.31. The van der Waals surface area contributed by atoms with Crippen molar-refractivity contribution >= 4 is 29.1 Å². The van der Waals surface area contributed by atoms with Crippen molar-refractivity contribution in [1.82, 2.24) is 0 Å². The van der Waals surface area contributed by atoms with Gasteiger partial charge in [0.1, 0.15) is 17.3 Å². The van der Waals surface area contributed by atoms with Gasteiger partial charge >= 0.3 is 5.97 Å². The van der Waals surface area contributed by atoms with Crippen molar-refractivity contribution < 1.29 is 34.1 Å². The molecule has 1 fully saturated rings. The summed E-state index contributed by atoms with van der Waals surface area (Å²) in [7, 11) is 1.31. The molecule has 0 saturated carbocycles. The number of hydrogen-bond donors (Lipinski definition) is 2. The number of esters is 1. The maximum Gasteiger partial charge on any atom is 0.309 e. The average Bonchev–Trinajstić information content (AvgIpc) is 3.18. The number of methoxy groups -OCH3 is 1. The van der Waals surface area contributed by atoms with E-state index in [1.54, 1.807) is 54.6 Å². The lowest BCUT2D eigenvalue weighted by Gasteiger charge is -2.25. The number of Topliss-reactive ketones (excluding diaryl/α,β-unsaturated/α-hetero) is 1. The molecule has 1 heterocycles. The van der Waals surface area contributed by atoms with Crippen LogP contribution in [-0.2, 0) is 25.5 Å². The Morgan fingerprint density at radius 3 is 2.26 bits per heavy atom. The van der Waals surface area contributed by atoms with Crippen LogP contribution >= 0.6 is 0 Å². The number of aryl methyl sites for hydroxylation is 1. The minimum absolute atomic E-state index is 0.0236. The number of phenols is 1. The van der Waals surface area contributed by atoms with Crippen LogP contribution in [0.25, 0.3) is 5.76 Å².